The highest BCUT2D eigenvalue weighted by Crippen LogP contribution is 2.31. The average molecular weight is 395 g/mol. The van der Waals surface area contributed by atoms with Gasteiger partial charge in [0.2, 0.25) is 11.8 Å². The molecule has 3 aromatic rings. The third kappa shape index (κ3) is 5.49. The third-order valence-corrected chi connectivity index (χ3v) is 5.25. The number of aromatic nitrogens is 1. The summed E-state index contributed by atoms with van der Waals surface area (Å²) in [5, 5.41) is 4.44. The number of nitrogens with zero attached hydrogens (tertiary/aromatic N) is 1. The van der Waals surface area contributed by atoms with Gasteiger partial charge >= 0.3 is 0 Å². The standard InChI is InChI=1S/C23H26N2O2S/c1-15(2)28-20-7-9-22(16(3)13-20)27-23-10-6-19-14-18(5-8-21(19)25-23)11-12-24-17(4)26/h5-10,13-15H,11-12H2,1-4H3,(H,24,26). The molecule has 0 fully saturated rings. The second-order valence-corrected chi connectivity index (χ2v) is 8.76. The predicted octanol–water partition coefficient (Wildman–Crippen LogP) is 5.51. The number of carbonyl (C=O) groups excluding carboxylic acids is 1. The summed E-state index contributed by atoms with van der Waals surface area (Å²) in [5.74, 6) is 1.41. The predicted molar refractivity (Wildman–Crippen MR) is 116 cm³/mol. The Morgan fingerprint density at radius 3 is 2.68 bits per heavy atom. The molecule has 0 radical (unpaired) electrons. The van der Waals surface area contributed by atoms with Gasteiger partial charge in [0.25, 0.3) is 0 Å². The molecule has 5 heteroatoms. The summed E-state index contributed by atoms with van der Waals surface area (Å²) < 4.78 is 6.03. The summed E-state index contributed by atoms with van der Waals surface area (Å²) in [6.45, 7) is 8.61. The van der Waals surface area contributed by atoms with Crippen molar-refractivity contribution in [3.63, 3.8) is 0 Å². The van der Waals surface area contributed by atoms with Crippen molar-refractivity contribution in [1.82, 2.24) is 10.3 Å². The van der Waals surface area contributed by atoms with E-state index in [9.17, 15) is 4.79 Å². The highest BCUT2D eigenvalue weighted by Gasteiger charge is 2.07. The monoisotopic (exact) mass is 394 g/mol. The van der Waals surface area contributed by atoms with E-state index in [1.54, 1.807) is 0 Å². The molecule has 1 aromatic heterocycles. The normalized spacial score (nSPS) is 11.0. The molecular formula is C23H26N2O2S. The molecule has 0 bridgehead atoms. The first-order valence-corrected chi connectivity index (χ1v) is 10.4. The molecule has 0 saturated heterocycles. The Labute approximate surface area is 170 Å². The van der Waals surface area contributed by atoms with Gasteiger partial charge in [-0.3, -0.25) is 4.79 Å². The molecule has 1 heterocycles. The Balaban J connectivity index is 1.73. The number of aryl methyl sites for hydroxylation is 1. The molecule has 0 saturated carbocycles. The van der Waals surface area contributed by atoms with Crippen LogP contribution < -0.4 is 10.1 Å². The van der Waals surface area contributed by atoms with E-state index in [1.807, 2.05) is 42.1 Å². The Morgan fingerprint density at radius 2 is 1.96 bits per heavy atom. The lowest BCUT2D eigenvalue weighted by Gasteiger charge is -2.11. The highest BCUT2D eigenvalue weighted by atomic mass is 32.2. The number of hydrogen-bond acceptors (Lipinski definition) is 4. The molecular weight excluding hydrogens is 368 g/mol. The number of rotatable bonds is 7. The van der Waals surface area contributed by atoms with Crippen molar-refractivity contribution >= 4 is 28.6 Å². The average Bonchev–Trinajstić information content (AvgIpc) is 2.63. The lowest BCUT2D eigenvalue weighted by molar-refractivity contribution is -0.118. The van der Waals surface area contributed by atoms with Gasteiger partial charge in [-0.1, -0.05) is 19.9 Å². The number of pyridine rings is 1. The molecule has 2 aromatic carbocycles. The fraction of sp³-hybridized carbons (Fsp3) is 0.304. The molecule has 146 valence electrons. The van der Waals surface area contributed by atoms with Gasteiger partial charge in [0.05, 0.1) is 5.52 Å². The zero-order chi connectivity index (χ0) is 20.1. The summed E-state index contributed by atoms with van der Waals surface area (Å²) in [6, 6.07) is 16.3. The summed E-state index contributed by atoms with van der Waals surface area (Å²) in [4.78, 5) is 16.9. The maximum absolute atomic E-state index is 11.0. The van der Waals surface area contributed by atoms with Crippen LogP contribution in [0.2, 0.25) is 0 Å². The van der Waals surface area contributed by atoms with Crippen molar-refractivity contribution in [2.24, 2.45) is 0 Å². The Morgan fingerprint density at radius 1 is 1.14 bits per heavy atom. The maximum Gasteiger partial charge on any atom is 0.219 e. The first-order chi connectivity index (χ1) is 13.4. The number of fused-ring (bicyclic) bond motifs is 1. The van der Waals surface area contributed by atoms with E-state index in [0.717, 1.165) is 28.6 Å². The topological polar surface area (TPSA) is 51.2 Å². The smallest absolute Gasteiger partial charge is 0.219 e. The van der Waals surface area contributed by atoms with Crippen LogP contribution in [0.25, 0.3) is 10.9 Å². The third-order valence-electron chi connectivity index (χ3n) is 4.25. The summed E-state index contributed by atoms with van der Waals surface area (Å²) >= 11 is 1.84. The molecule has 0 aliphatic heterocycles. The molecule has 0 aliphatic carbocycles. The molecule has 0 unspecified atom stereocenters. The molecule has 4 nitrogen and oxygen atoms in total. The summed E-state index contributed by atoms with van der Waals surface area (Å²) in [5.41, 5.74) is 3.16. The van der Waals surface area contributed by atoms with Crippen LogP contribution in [-0.4, -0.2) is 22.7 Å². The SMILES string of the molecule is CC(=O)NCCc1ccc2nc(Oc3ccc(SC(C)C)cc3C)ccc2c1. The zero-order valence-electron chi connectivity index (χ0n) is 16.8. The number of ether oxygens (including phenoxy) is 1. The van der Waals surface area contributed by atoms with Gasteiger partial charge in [-0.25, -0.2) is 4.98 Å². The fourth-order valence-electron chi connectivity index (χ4n) is 2.95. The number of thioether (sulfide) groups is 1. The van der Waals surface area contributed by atoms with E-state index in [0.29, 0.717) is 17.7 Å². The van der Waals surface area contributed by atoms with Crippen LogP contribution in [0.1, 0.15) is 31.9 Å². The first kappa shape index (κ1) is 20.2. The number of hydrogen-bond donors (Lipinski definition) is 1. The van der Waals surface area contributed by atoms with E-state index in [-0.39, 0.29) is 5.91 Å². The zero-order valence-corrected chi connectivity index (χ0v) is 17.6. The number of benzene rings is 2. The molecule has 1 N–H and O–H groups in total. The van der Waals surface area contributed by atoms with E-state index in [1.165, 1.54) is 17.4 Å². The van der Waals surface area contributed by atoms with Crippen molar-refractivity contribution in [2.75, 3.05) is 6.54 Å². The van der Waals surface area contributed by atoms with Crippen molar-refractivity contribution in [3.05, 3.63) is 59.7 Å². The number of nitrogens with one attached hydrogen (secondary N) is 1. The summed E-state index contributed by atoms with van der Waals surface area (Å²) in [6.07, 6.45) is 0.799. The molecule has 0 spiro atoms. The van der Waals surface area contributed by atoms with Crippen molar-refractivity contribution in [3.8, 4) is 11.6 Å². The second-order valence-electron chi connectivity index (χ2n) is 7.11. The molecule has 1 amide bonds. The summed E-state index contributed by atoms with van der Waals surface area (Å²) in [7, 11) is 0. The van der Waals surface area contributed by atoms with Crippen LogP contribution in [0.4, 0.5) is 0 Å². The van der Waals surface area contributed by atoms with Crippen LogP contribution in [0.5, 0.6) is 11.6 Å². The van der Waals surface area contributed by atoms with Crippen LogP contribution in [-0.2, 0) is 11.2 Å². The Kier molecular flexibility index (Phi) is 6.57. The quantitative estimate of drug-likeness (QED) is 0.537. The maximum atomic E-state index is 11.0. The van der Waals surface area contributed by atoms with Crippen molar-refractivity contribution in [1.29, 1.82) is 0 Å². The second kappa shape index (κ2) is 9.11. The van der Waals surface area contributed by atoms with Crippen LogP contribution in [0.3, 0.4) is 0 Å². The van der Waals surface area contributed by atoms with Crippen molar-refractivity contribution in [2.45, 2.75) is 44.3 Å². The Hall–Kier alpha value is -2.53. The minimum absolute atomic E-state index is 0.00429. The minimum atomic E-state index is -0.00429. The van der Waals surface area contributed by atoms with E-state index >= 15 is 0 Å². The van der Waals surface area contributed by atoms with Crippen molar-refractivity contribution < 1.29 is 9.53 Å². The van der Waals surface area contributed by atoms with Gasteiger partial charge in [0.15, 0.2) is 0 Å². The molecule has 0 aliphatic rings. The van der Waals surface area contributed by atoms with Crippen LogP contribution >= 0.6 is 11.8 Å². The Bertz CT molecular complexity index is 985. The lowest BCUT2D eigenvalue weighted by Crippen LogP contribution is -2.22. The first-order valence-electron chi connectivity index (χ1n) is 9.50. The van der Waals surface area contributed by atoms with Gasteiger partial charge in [-0.2, -0.15) is 0 Å². The fourth-order valence-corrected chi connectivity index (χ4v) is 3.88. The van der Waals surface area contributed by atoms with Gasteiger partial charge in [-0.15, -0.1) is 11.8 Å². The molecule has 0 atom stereocenters. The lowest BCUT2D eigenvalue weighted by atomic mass is 10.1. The van der Waals surface area contributed by atoms with Crippen LogP contribution in [0.15, 0.2) is 53.4 Å². The van der Waals surface area contributed by atoms with E-state index in [2.05, 4.69) is 49.3 Å². The minimum Gasteiger partial charge on any atom is -0.439 e. The van der Waals surface area contributed by atoms with Gasteiger partial charge in [-0.05, 0) is 60.9 Å². The van der Waals surface area contributed by atoms with Gasteiger partial charge in [0, 0.05) is 35.1 Å². The van der Waals surface area contributed by atoms with E-state index in [4.69, 9.17) is 4.74 Å². The van der Waals surface area contributed by atoms with E-state index < -0.39 is 0 Å². The van der Waals surface area contributed by atoms with Crippen LogP contribution in [0, 0.1) is 6.92 Å². The number of amides is 1. The number of carbonyl (C=O) groups is 1. The van der Waals surface area contributed by atoms with Gasteiger partial charge in [0.1, 0.15) is 5.75 Å². The molecule has 28 heavy (non-hydrogen) atoms. The highest BCUT2D eigenvalue weighted by molar-refractivity contribution is 7.99. The molecule has 3 rings (SSSR count). The largest absolute Gasteiger partial charge is 0.439 e. The van der Waals surface area contributed by atoms with Gasteiger partial charge < -0.3 is 10.1 Å².